The number of rotatable bonds is 3. The highest BCUT2D eigenvalue weighted by molar-refractivity contribution is 7.99. The minimum atomic E-state index is -1.95. The molecule has 180 valence electrons. The first kappa shape index (κ1) is 22.2. The number of benzene rings is 1. The van der Waals surface area contributed by atoms with Crippen LogP contribution in [0.4, 0.5) is 4.39 Å². The Morgan fingerprint density at radius 3 is 2.89 bits per heavy atom. The van der Waals surface area contributed by atoms with E-state index in [1.807, 2.05) is 0 Å². The molecular weight excluding hydrogens is 477 g/mol. The lowest BCUT2D eigenvalue weighted by atomic mass is 9.86. The SMILES string of the molecule is CC[C@@]1(O)C(=O)OCc2c1cc1n(c2=O)Cc2c-1nc1cc(F)cc3c1c2[C@@H](NC(=O)CO)CS3. The molecule has 0 fully saturated rings. The van der Waals surface area contributed by atoms with Gasteiger partial charge < -0.3 is 24.8 Å². The van der Waals surface area contributed by atoms with Crippen molar-refractivity contribution in [2.75, 3.05) is 12.4 Å². The van der Waals surface area contributed by atoms with Crippen molar-refractivity contribution >= 4 is 34.5 Å². The van der Waals surface area contributed by atoms with E-state index < -0.39 is 41.5 Å². The Hall–Kier alpha value is -3.28. The highest BCUT2D eigenvalue weighted by Gasteiger charge is 2.45. The lowest BCUT2D eigenvalue weighted by Gasteiger charge is -2.31. The van der Waals surface area contributed by atoms with Gasteiger partial charge >= 0.3 is 5.97 Å². The predicted octanol–water partition coefficient (Wildman–Crippen LogP) is 1.47. The smallest absolute Gasteiger partial charge is 0.343 e. The number of pyridine rings is 2. The zero-order valence-corrected chi connectivity index (χ0v) is 19.4. The predicted molar refractivity (Wildman–Crippen MR) is 123 cm³/mol. The lowest BCUT2D eigenvalue weighted by molar-refractivity contribution is -0.172. The summed E-state index contributed by atoms with van der Waals surface area (Å²) in [5.41, 5.74) is 0.653. The summed E-state index contributed by atoms with van der Waals surface area (Å²) in [6.07, 6.45) is 0.0199. The van der Waals surface area contributed by atoms with Crippen molar-refractivity contribution in [3.63, 3.8) is 0 Å². The van der Waals surface area contributed by atoms with E-state index in [2.05, 4.69) is 5.32 Å². The van der Waals surface area contributed by atoms with Crippen molar-refractivity contribution in [2.24, 2.45) is 0 Å². The number of halogens is 1. The second kappa shape index (κ2) is 7.61. The molecular formula is C24H20FN3O6S. The Bertz CT molecular complexity index is 1540. The maximum Gasteiger partial charge on any atom is 0.343 e. The molecule has 6 rings (SSSR count). The van der Waals surface area contributed by atoms with Gasteiger partial charge in [0.15, 0.2) is 5.60 Å². The van der Waals surface area contributed by atoms with Crippen LogP contribution in [0.2, 0.25) is 0 Å². The molecule has 1 aromatic carbocycles. The summed E-state index contributed by atoms with van der Waals surface area (Å²) in [6, 6.07) is 3.83. The number of thioether (sulfide) groups is 1. The fourth-order valence-electron chi connectivity index (χ4n) is 5.28. The summed E-state index contributed by atoms with van der Waals surface area (Å²) in [6.45, 7) is 0.862. The summed E-state index contributed by atoms with van der Waals surface area (Å²) in [4.78, 5) is 43.3. The van der Waals surface area contributed by atoms with Crippen molar-refractivity contribution in [1.29, 1.82) is 0 Å². The second-order valence-corrected chi connectivity index (χ2v) is 9.90. The number of cyclic esters (lactones) is 1. The number of carbonyl (C=O) groups excluding carboxylic acids is 2. The van der Waals surface area contributed by atoms with Gasteiger partial charge in [0.1, 0.15) is 19.0 Å². The number of hydrogen-bond donors (Lipinski definition) is 3. The van der Waals surface area contributed by atoms with Crippen molar-refractivity contribution < 1.29 is 28.9 Å². The van der Waals surface area contributed by atoms with E-state index in [-0.39, 0.29) is 30.7 Å². The van der Waals surface area contributed by atoms with E-state index in [9.17, 15) is 29.0 Å². The van der Waals surface area contributed by atoms with Crippen LogP contribution in [0.25, 0.3) is 22.3 Å². The van der Waals surface area contributed by atoms with E-state index in [0.717, 1.165) is 5.56 Å². The number of amides is 1. The van der Waals surface area contributed by atoms with Crippen LogP contribution in [0.1, 0.15) is 41.6 Å². The van der Waals surface area contributed by atoms with E-state index in [1.165, 1.54) is 28.5 Å². The van der Waals surface area contributed by atoms with Gasteiger partial charge in [0.2, 0.25) is 5.91 Å². The minimum Gasteiger partial charge on any atom is -0.458 e. The topological polar surface area (TPSA) is 131 Å². The maximum atomic E-state index is 14.4. The third-order valence-corrected chi connectivity index (χ3v) is 8.13. The molecule has 1 amide bonds. The molecule has 0 bridgehead atoms. The van der Waals surface area contributed by atoms with Gasteiger partial charge in [0, 0.05) is 33.2 Å². The number of nitrogens with zero attached hydrogens (tertiary/aromatic N) is 2. The number of ether oxygens (including phenoxy) is 1. The number of nitrogens with one attached hydrogen (secondary N) is 1. The number of hydrogen-bond acceptors (Lipinski definition) is 8. The van der Waals surface area contributed by atoms with E-state index in [4.69, 9.17) is 9.72 Å². The fourth-order valence-corrected chi connectivity index (χ4v) is 6.44. The molecule has 0 unspecified atom stereocenters. The first-order chi connectivity index (χ1) is 16.8. The van der Waals surface area contributed by atoms with Crippen LogP contribution in [0, 0.1) is 5.82 Å². The Morgan fingerprint density at radius 1 is 1.34 bits per heavy atom. The van der Waals surface area contributed by atoms with Crippen molar-refractivity contribution in [1.82, 2.24) is 14.9 Å². The molecule has 11 heteroatoms. The molecule has 0 saturated heterocycles. The highest BCUT2D eigenvalue weighted by Crippen LogP contribution is 2.47. The Morgan fingerprint density at radius 2 is 2.14 bits per heavy atom. The van der Waals surface area contributed by atoms with Crippen LogP contribution in [0.15, 0.2) is 27.9 Å². The van der Waals surface area contributed by atoms with Crippen molar-refractivity contribution in [3.05, 3.63) is 56.6 Å². The molecule has 2 atom stereocenters. The molecule has 3 N–H and O–H groups in total. The Labute approximate surface area is 201 Å². The Kier molecular flexibility index (Phi) is 4.83. The molecule has 0 radical (unpaired) electrons. The molecule has 3 aliphatic rings. The average Bonchev–Trinajstić information content (AvgIpc) is 3.21. The molecule has 9 nitrogen and oxygen atoms in total. The van der Waals surface area contributed by atoms with E-state index in [1.54, 1.807) is 13.0 Å². The van der Waals surface area contributed by atoms with Gasteiger partial charge in [-0.2, -0.15) is 0 Å². The minimum absolute atomic E-state index is 0.0199. The standard InChI is InChI=1S/C24H20FN3O6S/c1-2-24(33)13-5-16-21-11(6-28(16)22(31)12(13)8-34-23(24)32)19-15(26-18(30)7-29)9-35-17-4-10(25)3-14(27-21)20(17)19/h3-5,15,29,33H,2,6-9H2,1H3,(H,26,30)/t15-,24-/m0/s1. The summed E-state index contributed by atoms with van der Waals surface area (Å²) in [5.74, 6) is -1.41. The van der Waals surface area contributed by atoms with Crippen LogP contribution < -0.4 is 10.9 Å². The third kappa shape index (κ3) is 3.01. The van der Waals surface area contributed by atoms with Gasteiger partial charge in [0.25, 0.3) is 5.56 Å². The molecule has 35 heavy (non-hydrogen) atoms. The fraction of sp³-hybridized carbons (Fsp3) is 0.333. The van der Waals surface area contributed by atoms with Crippen LogP contribution in [-0.2, 0) is 33.1 Å². The van der Waals surface area contributed by atoms with Gasteiger partial charge in [-0.3, -0.25) is 9.59 Å². The molecule has 3 aliphatic heterocycles. The first-order valence-corrected chi connectivity index (χ1v) is 12.1. The summed E-state index contributed by atoms with van der Waals surface area (Å²) in [5, 5.41) is 23.9. The van der Waals surface area contributed by atoms with Crippen LogP contribution in [-0.4, -0.2) is 44.0 Å². The van der Waals surface area contributed by atoms with E-state index >= 15 is 0 Å². The number of fused-ring (bicyclic) bond motifs is 5. The molecule has 3 aromatic rings. The Balaban J connectivity index is 1.65. The summed E-state index contributed by atoms with van der Waals surface area (Å²) in [7, 11) is 0. The summed E-state index contributed by atoms with van der Waals surface area (Å²) >= 11 is 1.38. The van der Waals surface area contributed by atoms with Gasteiger partial charge in [-0.1, -0.05) is 6.92 Å². The monoisotopic (exact) mass is 497 g/mol. The van der Waals surface area contributed by atoms with Crippen molar-refractivity contribution in [2.45, 2.75) is 43.0 Å². The number of carbonyl (C=O) groups is 2. The molecule has 0 aliphatic carbocycles. The maximum absolute atomic E-state index is 14.4. The number of aliphatic hydroxyl groups excluding tert-OH is 1. The normalized spacial score (nSPS) is 21.8. The number of aliphatic hydroxyl groups is 2. The quantitative estimate of drug-likeness (QED) is 0.363. The van der Waals surface area contributed by atoms with Gasteiger partial charge in [-0.25, -0.2) is 14.2 Å². The lowest BCUT2D eigenvalue weighted by Crippen LogP contribution is -2.44. The van der Waals surface area contributed by atoms with Crippen molar-refractivity contribution in [3.8, 4) is 11.4 Å². The zero-order valence-electron chi connectivity index (χ0n) is 18.6. The third-order valence-electron chi connectivity index (χ3n) is 6.99. The van der Waals surface area contributed by atoms with Gasteiger partial charge in [-0.15, -0.1) is 11.8 Å². The van der Waals surface area contributed by atoms with Gasteiger partial charge in [-0.05, 0) is 24.1 Å². The molecule has 0 saturated carbocycles. The largest absolute Gasteiger partial charge is 0.458 e. The highest BCUT2D eigenvalue weighted by atomic mass is 32.2. The second-order valence-electron chi connectivity index (χ2n) is 8.84. The number of esters is 1. The molecule has 2 aromatic heterocycles. The van der Waals surface area contributed by atoms with Crippen LogP contribution >= 0.6 is 11.8 Å². The van der Waals surface area contributed by atoms with Gasteiger partial charge in [0.05, 0.1) is 35.1 Å². The average molecular weight is 498 g/mol. The molecule has 5 heterocycles. The van der Waals surface area contributed by atoms with Crippen LogP contribution in [0.3, 0.4) is 0 Å². The summed E-state index contributed by atoms with van der Waals surface area (Å²) < 4.78 is 21.1. The molecule has 0 spiro atoms. The number of aromatic nitrogens is 2. The van der Waals surface area contributed by atoms with E-state index in [0.29, 0.717) is 38.5 Å². The first-order valence-electron chi connectivity index (χ1n) is 11.1. The zero-order chi connectivity index (χ0) is 24.6. The van der Waals surface area contributed by atoms with Crippen LogP contribution in [0.5, 0.6) is 0 Å².